The van der Waals surface area contributed by atoms with E-state index in [1.807, 2.05) is 66.9 Å². The summed E-state index contributed by atoms with van der Waals surface area (Å²) in [4.78, 5) is 0. The van der Waals surface area contributed by atoms with Gasteiger partial charge in [-0.2, -0.15) is 29.4 Å². The Morgan fingerprint density at radius 3 is 2.30 bits per heavy atom. The van der Waals surface area contributed by atoms with E-state index in [1.165, 1.54) is 0 Å². The van der Waals surface area contributed by atoms with Crippen LogP contribution in [0.4, 0.5) is 0 Å². The van der Waals surface area contributed by atoms with Crippen molar-refractivity contribution in [3.05, 3.63) is 91.5 Å². The Balaban J connectivity index is 0.000000160. The second-order valence-corrected chi connectivity index (χ2v) is 4.36. The van der Waals surface area contributed by atoms with Gasteiger partial charge >= 0.3 is 0 Å². The molecule has 2 aromatic heterocycles. The van der Waals surface area contributed by atoms with Crippen LogP contribution in [0.25, 0.3) is 16.9 Å². The van der Waals surface area contributed by atoms with Gasteiger partial charge in [-0.25, -0.2) is 0 Å². The van der Waals surface area contributed by atoms with Crippen LogP contribution in [0.3, 0.4) is 0 Å². The molecule has 23 heavy (non-hydrogen) atoms. The number of rotatable bonds is 2. The van der Waals surface area contributed by atoms with Gasteiger partial charge < -0.3 is 4.52 Å². The van der Waals surface area contributed by atoms with Gasteiger partial charge in [-0.15, -0.1) is 47.1 Å². The Bertz CT molecular complexity index is 700. The summed E-state index contributed by atoms with van der Waals surface area (Å²) in [6.07, 6.45) is 5.20. The third-order valence-electron chi connectivity index (χ3n) is 2.87. The zero-order chi connectivity index (χ0) is 15.0. The summed E-state index contributed by atoms with van der Waals surface area (Å²) in [6, 6.07) is 25.2. The summed E-state index contributed by atoms with van der Waals surface area (Å²) in [6.45, 7) is 0. The van der Waals surface area contributed by atoms with E-state index in [9.17, 15) is 0 Å². The van der Waals surface area contributed by atoms with E-state index in [0.29, 0.717) is 0 Å². The van der Waals surface area contributed by atoms with Gasteiger partial charge in [-0.3, -0.25) is 4.68 Å². The molecule has 0 atom stereocenters. The van der Waals surface area contributed by atoms with Crippen molar-refractivity contribution in [1.29, 1.82) is 0 Å². The van der Waals surface area contributed by atoms with Crippen molar-refractivity contribution in [2.24, 2.45) is 0 Å². The van der Waals surface area contributed by atoms with Gasteiger partial charge in [-0.1, -0.05) is 0 Å². The Morgan fingerprint density at radius 2 is 1.74 bits per heavy atom. The fourth-order valence-electron chi connectivity index (χ4n) is 1.84. The first-order valence-electron chi connectivity index (χ1n) is 6.78. The van der Waals surface area contributed by atoms with Gasteiger partial charge in [0.1, 0.15) is 6.26 Å². The summed E-state index contributed by atoms with van der Waals surface area (Å²) >= 11 is 0. The van der Waals surface area contributed by atoms with Gasteiger partial charge in [0.05, 0.1) is 0 Å². The molecule has 0 unspecified atom stereocenters. The second kappa shape index (κ2) is 8.83. The first-order chi connectivity index (χ1) is 10.9. The molecular weight excluding hydrogens is 466 g/mol. The molecule has 0 N–H and O–H groups in total. The molecule has 2 heterocycles. The monoisotopic (exact) mass is 480 g/mol. The summed E-state index contributed by atoms with van der Waals surface area (Å²) < 4.78 is 6.48. The van der Waals surface area contributed by atoms with Crippen LogP contribution in [0.2, 0.25) is 0 Å². The van der Waals surface area contributed by atoms with E-state index in [1.54, 1.807) is 17.1 Å². The molecule has 0 aliphatic carbocycles. The van der Waals surface area contributed by atoms with E-state index < -0.39 is 0 Å². The van der Waals surface area contributed by atoms with Crippen molar-refractivity contribution in [2.75, 3.05) is 0 Å². The average molecular weight is 480 g/mol. The number of nitrogens with zero attached hydrogens (tertiary/aromatic N) is 3. The molecule has 0 spiro atoms. The van der Waals surface area contributed by atoms with Gasteiger partial charge in [0.2, 0.25) is 0 Å². The average Bonchev–Trinajstić information content (AvgIpc) is 3.31. The van der Waals surface area contributed by atoms with Crippen molar-refractivity contribution in [3.8, 4) is 16.9 Å². The zero-order valence-electron chi connectivity index (χ0n) is 12.1. The van der Waals surface area contributed by atoms with Crippen molar-refractivity contribution in [2.45, 2.75) is 0 Å². The second-order valence-electron chi connectivity index (χ2n) is 4.36. The van der Waals surface area contributed by atoms with Crippen LogP contribution in [-0.4, -0.2) is 14.9 Å². The van der Waals surface area contributed by atoms with Crippen LogP contribution in [0.15, 0.2) is 83.8 Å². The third-order valence-corrected chi connectivity index (χ3v) is 2.87. The molecule has 0 aliphatic rings. The normalized spacial score (nSPS) is 9.39. The zero-order valence-corrected chi connectivity index (χ0v) is 14.5. The van der Waals surface area contributed by atoms with E-state index in [0.717, 1.165) is 16.9 Å². The van der Waals surface area contributed by atoms with Crippen LogP contribution < -0.4 is 0 Å². The predicted octanol–water partition coefficient (Wildman–Crippen LogP) is 3.81. The van der Waals surface area contributed by atoms with E-state index in [-0.39, 0.29) is 20.1 Å². The van der Waals surface area contributed by atoms with Crippen LogP contribution in [-0.2, 0) is 20.1 Å². The summed E-state index contributed by atoms with van der Waals surface area (Å²) in [5.41, 5.74) is 2.75. The molecule has 0 saturated carbocycles. The number of para-hydroxylation sites is 1. The summed E-state index contributed by atoms with van der Waals surface area (Å²) in [5.74, 6) is 0. The van der Waals surface area contributed by atoms with Gasteiger partial charge in [-0.05, 0) is 17.8 Å². The van der Waals surface area contributed by atoms with Crippen LogP contribution in [0.5, 0.6) is 0 Å². The quantitative estimate of drug-likeness (QED) is 0.411. The Hall–Kier alpha value is -2.49. The minimum atomic E-state index is 0. The van der Waals surface area contributed by atoms with E-state index in [4.69, 9.17) is 4.52 Å². The van der Waals surface area contributed by atoms with Gasteiger partial charge in [0.15, 0.2) is 0 Å². The van der Waals surface area contributed by atoms with Crippen molar-refractivity contribution in [3.63, 3.8) is 0 Å². The SMILES string of the molecule is [Ir].[c-]1ccccc1-c1ccon1.[c-]1ccccc1-n1cccn1. The van der Waals surface area contributed by atoms with Gasteiger partial charge in [0, 0.05) is 38.2 Å². The fraction of sp³-hybridized carbons (Fsp3) is 0. The van der Waals surface area contributed by atoms with Gasteiger partial charge in [0.25, 0.3) is 0 Å². The third kappa shape index (κ3) is 4.74. The molecule has 4 nitrogen and oxygen atoms in total. The van der Waals surface area contributed by atoms with Crippen molar-refractivity contribution >= 4 is 0 Å². The van der Waals surface area contributed by atoms with E-state index >= 15 is 0 Å². The standard InChI is InChI=1S/C9H7N2.C9H6NO.Ir/c1-2-5-9(6-3-1)11-8-4-7-10-11;1-2-4-8(5-3-1)9-6-7-11-10-9;/h1-5,7-8H;1-4,6-7H;/q2*-1;. The van der Waals surface area contributed by atoms with Crippen LogP contribution >= 0.6 is 0 Å². The molecule has 0 amide bonds. The smallest absolute Gasteiger partial charge is 0.114 e. The van der Waals surface area contributed by atoms with Crippen LogP contribution in [0.1, 0.15) is 0 Å². The van der Waals surface area contributed by atoms with Crippen LogP contribution in [0, 0.1) is 12.1 Å². The Kier molecular flexibility index (Phi) is 6.48. The molecule has 5 heteroatoms. The minimum absolute atomic E-state index is 0. The number of hydrogen-bond donors (Lipinski definition) is 0. The molecule has 4 aromatic rings. The molecule has 0 fully saturated rings. The summed E-state index contributed by atoms with van der Waals surface area (Å²) in [5, 5.41) is 7.85. The van der Waals surface area contributed by atoms with E-state index in [2.05, 4.69) is 22.4 Å². The molecule has 0 bridgehead atoms. The topological polar surface area (TPSA) is 43.9 Å². The number of benzene rings is 2. The molecule has 117 valence electrons. The number of hydrogen-bond acceptors (Lipinski definition) is 3. The molecule has 0 aliphatic heterocycles. The predicted molar refractivity (Wildman–Crippen MR) is 83.2 cm³/mol. The van der Waals surface area contributed by atoms with Crippen molar-refractivity contribution < 1.29 is 24.6 Å². The Morgan fingerprint density at radius 1 is 0.913 bits per heavy atom. The largest absolute Gasteiger partial charge is 0.375 e. The minimum Gasteiger partial charge on any atom is -0.375 e. The Labute approximate surface area is 148 Å². The molecule has 1 radical (unpaired) electrons. The maximum absolute atomic E-state index is 4.70. The van der Waals surface area contributed by atoms with Crippen molar-refractivity contribution in [1.82, 2.24) is 14.9 Å². The maximum atomic E-state index is 4.70. The maximum Gasteiger partial charge on any atom is 0.114 e. The first-order valence-corrected chi connectivity index (χ1v) is 6.78. The molecular formula is C18H13IrN3O-2. The fourth-order valence-corrected chi connectivity index (χ4v) is 1.84. The summed E-state index contributed by atoms with van der Waals surface area (Å²) in [7, 11) is 0. The molecule has 2 aromatic carbocycles. The molecule has 0 saturated heterocycles. The first kappa shape index (κ1) is 16.9. The molecule has 4 rings (SSSR count). The number of aromatic nitrogens is 3.